The number of aromatic amines is 1. The number of hydrogen-bond donors (Lipinski definition) is 2. The van der Waals surface area contributed by atoms with Gasteiger partial charge in [0.25, 0.3) is 0 Å². The lowest BCUT2D eigenvalue weighted by atomic mass is 10.1. The highest BCUT2D eigenvalue weighted by atomic mass is 19.4. The largest absolute Gasteiger partial charge is 0.542 e. The number of nitrogens with one attached hydrogen (secondary N) is 2. The number of imidazole rings is 1. The number of carbonyl (C=O) groups is 2. The number of alkyl halides is 3. The van der Waals surface area contributed by atoms with E-state index in [-0.39, 0.29) is 17.8 Å². The van der Waals surface area contributed by atoms with Gasteiger partial charge in [-0.2, -0.15) is 17.6 Å². The highest BCUT2D eigenvalue weighted by Crippen LogP contribution is 2.40. The van der Waals surface area contributed by atoms with Crippen molar-refractivity contribution >= 4 is 17.4 Å². The first-order valence-corrected chi connectivity index (χ1v) is 10.6. The van der Waals surface area contributed by atoms with Gasteiger partial charge in [-0.25, -0.2) is 9.37 Å². The summed E-state index contributed by atoms with van der Waals surface area (Å²) in [5.41, 5.74) is 3.75. The van der Waals surface area contributed by atoms with Crippen LogP contribution in [0.15, 0.2) is 79.0 Å². The smallest absolute Gasteiger partial charge is 0.430 e. The Balaban J connectivity index is 0.000000364. The molecule has 0 spiro atoms. The molecule has 2 N–H and O–H groups in total. The quantitative estimate of drug-likeness (QED) is 0.344. The van der Waals surface area contributed by atoms with Gasteiger partial charge in [0.1, 0.15) is 11.8 Å². The van der Waals surface area contributed by atoms with Crippen LogP contribution in [0, 0.1) is 5.82 Å². The van der Waals surface area contributed by atoms with E-state index in [1.54, 1.807) is 12.1 Å². The lowest BCUT2D eigenvalue weighted by Crippen LogP contribution is -2.37. The number of aromatic nitrogens is 2. The fourth-order valence-corrected chi connectivity index (χ4v) is 3.75. The van der Waals surface area contributed by atoms with Crippen molar-refractivity contribution in [1.29, 1.82) is 0 Å². The molecule has 0 bridgehead atoms. The maximum Gasteiger partial charge on any atom is 0.430 e. The molecule has 6 nitrogen and oxygen atoms in total. The van der Waals surface area contributed by atoms with E-state index in [9.17, 15) is 22.4 Å². The van der Waals surface area contributed by atoms with Gasteiger partial charge < -0.3 is 15.2 Å². The molecule has 4 aromatic rings. The van der Waals surface area contributed by atoms with Crippen LogP contribution in [0.4, 0.5) is 17.6 Å². The lowest BCUT2D eigenvalue weighted by Gasteiger charge is -2.03. The molecule has 2 aromatic heterocycles. The number of carboxylic acid groups (broad SMARTS) is 1. The number of fused-ring (bicyclic) bond motifs is 1. The summed E-state index contributed by atoms with van der Waals surface area (Å²) in [5.74, 6) is -2.60. The van der Waals surface area contributed by atoms with E-state index < -0.39 is 12.1 Å². The van der Waals surface area contributed by atoms with E-state index in [0.29, 0.717) is 11.7 Å². The summed E-state index contributed by atoms with van der Waals surface area (Å²) in [6, 6.07) is 22.4. The van der Waals surface area contributed by atoms with Crippen LogP contribution in [0.2, 0.25) is 0 Å². The Morgan fingerprint density at radius 1 is 0.971 bits per heavy atom. The first-order valence-electron chi connectivity index (χ1n) is 10.6. The van der Waals surface area contributed by atoms with Crippen molar-refractivity contribution in [2.45, 2.75) is 24.6 Å². The molecule has 2 atom stereocenters. The molecule has 2 aromatic carbocycles. The summed E-state index contributed by atoms with van der Waals surface area (Å²) in [7, 11) is 0. The van der Waals surface area contributed by atoms with Gasteiger partial charge in [-0.1, -0.05) is 36.4 Å². The predicted molar refractivity (Wildman–Crippen MR) is 115 cm³/mol. The van der Waals surface area contributed by atoms with Gasteiger partial charge in [0.15, 0.2) is 11.2 Å². The summed E-state index contributed by atoms with van der Waals surface area (Å²) < 4.78 is 46.7. The average molecular weight is 485 g/mol. The number of rotatable bonds is 4. The second-order valence-electron chi connectivity index (χ2n) is 7.93. The molecule has 10 heteroatoms. The van der Waals surface area contributed by atoms with Crippen molar-refractivity contribution < 1.29 is 36.7 Å². The fraction of sp³-hybridized carbons (Fsp3) is 0.160. The number of pyridine rings is 1. The van der Waals surface area contributed by atoms with Crippen LogP contribution in [0.3, 0.4) is 0 Å². The summed E-state index contributed by atoms with van der Waals surface area (Å²) in [6.07, 6.45) is -2.39. The van der Waals surface area contributed by atoms with Crippen LogP contribution in [-0.4, -0.2) is 29.1 Å². The first kappa shape index (κ1) is 23.9. The molecule has 0 aliphatic heterocycles. The number of aliphatic carboxylic acids is 1. The maximum atomic E-state index is 13.3. The summed E-state index contributed by atoms with van der Waals surface area (Å²) in [4.78, 5) is 25.0. The molecule has 0 radical (unpaired) electrons. The fourth-order valence-electron chi connectivity index (χ4n) is 3.75. The number of amides is 1. The van der Waals surface area contributed by atoms with Crippen molar-refractivity contribution in [3.63, 3.8) is 0 Å². The first-order chi connectivity index (χ1) is 16.6. The predicted octanol–water partition coefficient (Wildman–Crippen LogP) is 3.14. The SMILES string of the molecule is O=C(N[C@H]1C[C@@H]1c1ccccc1)c1[nH]c(-c2ccc(F)cc2)c2cccc[n+]12.O=C([O-])C(F)(F)F. The molecule has 5 rings (SSSR count). The number of carbonyl (C=O) groups excluding carboxylic acids is 2. The third-order valence-corrected chi connectivity index (χ3v) is 5.51. The Kier molecular flexibility index (Phi) is 6.54. The van der Waals surface area contributed by atoms with Gasteiger partial charge >= 0.3 is 17.9 Å². The minimum Gasteiger partial charge on any atom is -0.542 e. The standard InChI is InChI=1S/C23H18FN3O.C2HF3O2/c24-17-11-9-16(10-12-17)21-20-8-4-5-13-27(20)22(26-21)23(28)25-19-14-18(19)15-6-2-1-3-7-15;3-2(4,5)1(6)7/h1-13,18-19H,14H2,(H,25,28);(H,6,7)/t18-,19+;/m1./s1. The number of hydrogen-bond acceptors (Lipinski definition) is 3. The van der Waals surface area contributed by atoms with Crippen molar-refractivity contribution in [1.82, 2.24) is 10.3 Å². The molecule has 2 heterocycles. The zero-order valence-corrected chi connectivity index (χ0v) is 18.1. The monoisotopic (exact) mass is 485 g/mol. The normalized spacial score (nSPS) is 16.8. The van der Waals surface area contributed by atoms with Crippen LogP contribution >= 0.6 is 0 Å². The van der Waals surface area contributed by atoms with Crippen molar-refractivity contribution in [2.24, 2.45) is 0 Å². The van der Waals surface area contributed by atoms with Gasteiger partial charge in [0, 0.05) is 17.5 Å². The molecule has 1 aliphatic rings. The third kappa shape index (κ3) is 5.48. The number of halogens is 4. The van der Waals surface area contributed by atoms with Gasteiger partial charge in [-0.15, -0.1) is 0 Å². The Morgan fingerprint density at radius 2 is 1.60 bits per heavy atom. The van der Waals surface area contributed by atoms with Crippen LogP contribution in [0.1, 0.15) is 28.5 Å². The zero-order chi connectivity index (χ0) is 25.2. The van der Waals surface area contributed by atoms with Gasteiger partial charge in [-0.05, 0) is 48.4 Å². The van der Waals surface area contributed by atoms with E-state index in [1.807, 2.05) is 47.0 Å². The molecule has 35 heavy (non-hydrogen) atoms. The van der Waals surface area contributed by atoms with E-state index in [2.05, 4.69) is 22.4 Å². The van der Waals surface area contributed by atoms with Crippen LogP contribution < -0.4 is 14.8 Å². The Bertz CT molecular complexity index is 1350. The minimum absolute atomic E-state index is 0.141. The number of carboxylic acids is 1. The highest BCUT2D eigenvalue weighted by molar-refractivity contribution is 5.92. The Hall–Kier alpha value is -4.21. The van der Waals surface area contributed by atoms with Crippen LogP contribution in [0.5, 0.6) is 0 Å². The summed E-state index contributed by atoms with van der Waals surface area (Å²) in [6.45, 7) is 0. The zero-order valence-electron chi connectivity index (χ0n) is 18.1. The lowest BCUT2D eigenvalue weighted by molar-refractivity contribution is -0.513. The second kappa shape index (κ2) is 9.57. The molecule has 0 unspecified atom stereocenters. The molecular weight excluding hydrogens is 466 g/mol. The van der Waals surface area contributed by atoms with Crippen LogP contribution in [0.25, 0.3) is 16.8 Å². The number of benzene rings is 2. The van der Waals surface area contributed by atoms with E-state index in [1.165, 1.54) is 17.7 Å². The molecule has 1 fully saturated rings. The van der Waals surface area contributed by atoms with Crippen molar-refractivity contribution in [3.8, 4) is 11.3 Å². The number of nitrogens with zero attached hydrogens (tertiary/aromatic N) is 1. The third-order valence-electron chi connectivity index (χ3n) is 5.51. The molecule has 1 saturated carbocycles. The van der Waals surface area contributed by atoms with Gasteiger partial charge in [0.05, 0.1) is 6.20 Å². The van der Waals surface area contributed by atoms with E-state index in [4.69, 9.17) is 9.90 Å². The molecule has 1 aliphatic carbocycles. The molecule has 180 valence electrons. The Labute approximate surface area is 196 Å². The van der Waals surface area contributed by atoms with Crippen LogP contribution in [-0.2, 0) is 4.79 Å². The van der Waals surface area contributed by atoms with Gasteiger partial charge in [-0.3, -0.25) is 4.79 Å². The Morgan fingerprint density at radius 3 is 2.23 bits per heavy atom. The summed E-state index contributed by atoms with van der Waals surface area (Å²) in [5, 5.41) is 11.9. The van der Waals surface area contributed by atoms with E-state index >= 15 is 0 Å². The minimum atomic E-state index is -5.19. The van der Waals surface area contributed by atoms with Gasteiger partial charge in [0.2, 0.25) is 0 Å². The van der Waals surface area contributed by atoms with E-state index in [0.717, 1.165) is 23.2 Å². The molecule has 0 saturated heterocycles. The summed E-state index contributed by atoms with van der Waals surface area (Å²) >= 11 is 0. The average Bonchev–Trinajstić information content (AvgIpc) is 3.49. The molecule has 1 amide bonds. The van der Waals surface area contributed by atoms with Crippen molar-refractivity contribution in [3.05, 3.63) is 96.2 Å². The topological polar surface area (TPSA) is 89.1 Å². The van der Waals surface area contributed by atoms with Crippen molar-refractivity contribution in [2.75, 3.05) is 0 Å². The maximum absolute atomic E-state index is 13.3. The number of H-pyrrole nitrogens is 1. The molecular formula is C25H19F4N3O3. The highest BCUT2D eigenvalue weighted by Gasteiger charge is 2.41. The second-order valence-corrected chi connectivity index (χ2v) is 7.93.